The highest BCUT2D eigenvalue weighted by Crippen LogP contribution is 2.54. The molecule has 286 valence electrons. The van der Waals surface area contributed by atoms with Crippen molar-refractivity contribution in [1.82, 2.24) is 29.3 Å². The van der Waals surface area contributed by atoms with E-state index in [9.17, 15) is 4.79 Å². The van der Waals surface area contributed by atoms with Crippen LogP contribution in [0.15, 0.2) is 134 Å². The number of halogens is 3. The lowest BCUT2D eigenvalue weighted by Crippen LogP contribution is -2.59. The maximum atomic E-state index is 15.0. The first-order chi connectivity index (χ1) is 27.4. The van der Waals surface area contributed by atoms with Gasteiger partial charge in [0.05, 0.1) is 34.6 Å². The molecule has 8 aromatic rings. The second-order valence-corrected chi connectivity index (χ2v) is 13.8. The molecule has 4 aromatic carbocycles. The number of aryl methyl sites for hydroxylation is 2. The number of amides is 1. The summed E-state index contributed by atoms with van der Waals surface area (Å²) in [4.78, 5) is 24.6. The van der Waals surface area contributed by atoms with E-state index in [4.69, 9.17) is 9.47 Å². The molecule has 12 heteroatoms. The minimum atomic E-state index is -1.37. The molecule has 0 saturated carbocycles. The van der Waals surface area contributed by atoms with Gasteiger partial charge in [0, 0.05) is 66.3 Å². The molecule has 1 amide bonds. The number of piperazine rings is 1. The third kappa shape index (κ3) is 6.25. The number of pyridine rings is 2. The van der Waals surface area contributed by atoms with E-state index in [0.29, 0.717) is 69.6 Å². The molecule has 0 radical (unpaired) electrons. The number of hydrogen-bond acceptors (Lipinski definition) is 6. The Morgan fingerprint density at radius 2 is 1.16 bits per heavy atom. The summed E-state index contributed by atoms with van der Waals surface area (Å²) < 4.78 is 48.0. The molecule has 1 saturated heterocycles. The van der Waals surface area contributed by atoms with Gasteiger partial charge in [0.25, 0.3) is 0 Å². The molecule has 1 N–H and O–H groups in total. The van der Waals surface area contributed by atoms with Crippen LogP contribution < -0.4 is 14.8 Å². The van der Waals surface area contributed by atoms with Crippen LogP contribution in [-0.4, -0.2) is 50.0 Å². The number of fused-ring (bicyclic) bond motifs is 2. The zero-order valence-electron chi connectivity index (χ0n) is 31.0. The molecule has 5 heterocycles. The number of nitrogens with one attached hydrogen (secondary N) is 1. The van der Waals surface area contributed by atoms with Crippen molar-refractivity contribution in [3.8, 4) is 34.6 Å². The average molecular weight is 783 g/mol. The third-order valence-corrected chi connectivity index (χ3v) is 10.6. The van der Waals surface area contributed by atoms with Gasteiger partial charge in [-0.25, -0.2) is 8.78 Å². The van der Waals surface area contributed by atoms with Crippen LogP contribution in [0.1, 0.15) is 22.3 Å². The molecule has 57 heavy (non-hydrogen) atoms. The van der Waals surface area contributed by atoms with E-state index in [-0.39, 0.29) is 19.0 Å². The number of para-hydroxylation sites is 2. The first-order valence-electron chi connectivity index (χ1n) is 18.3. The third-order valence-electron chi connectivity index (χ3n) is 10.6. The molecule has 0 aliphatic carbocycles. The van der Waals surface area contributed by atoms with Crippen molar-refractivity contribution in [3.63, 3.8) is 0 Å². The Balaban J connectivity index is 0.00000455. The lowest BCUT2D eigenvalue weighted by atomic mass is 9.79. The number of rotatable bonds is 9. The predicted octanol–water partition coefficient (Wildman–Crippen LogP) is 9.57. The molecule has 0 spiro atoms. The summed E-state index contributed by atoms with van der Waals surface area (Å²) in [7, 11) is 0. The van der Waals surface area contributed by atoms with Crippen molar-refractivity contribution in [1.29, 1.82) is 0 Å². The van der Waals surface area contributed by atoms with Crippen LogP contribution in [0.4, 0.5) is 8.78 Å². The Hall–Kier alpha value is -6.56. The molecule has 9 nitrogen and oxygen atoms in total. The van der Waals surface area contributed by atoms with Gasteiger partial charge >= 0.3 is 0 Å². The molecule has 0 unspecified atom stereocenters. The first-order valence-corrected chi connectivity index (χ1v) is 18.3. The van der Waals surface area contributed by atoms with Crippen LogP contribution in [0.2, 0.25) is 0 Å². The molecule has 0 atom stereocenters. The zero-order chi connectivity index (χ0) is 38.4. The summed E-state index contributed by atoms with van der Waals surface area (Å²) in [6.07, 6.45) is 7.79. The highest BCUT2D eigenvalue weighted by atomic mass is 35.5. The average Bonchev–Trinajstić information content (AvgIpc) is 3.74. The number of aromatic nitrogens is 4. The topological polar surface area (TPSA) is 86.4 Å². The van der Waals surface area contributed by atoms with Crippen LogP contribution in [0, 0.1) is 25.5 Å². The number of nitrogens with zero attached hydrogens (tertiary/aromatic N) is 5. The van der Waals surface area contributed by atoms with Crippen LogP contribution in [-0.2, 0) is 10.3 Å². The maximum Gasteiger partial charge on any atom is 0.211 e. The zero-order valence-corrected chi connectivity index (χ0v) is 31.8. The lowest BCUT2D eigenvalue weighted by Gasteiger charge is -2.46. The number of carbonyl (C=O) groups is 1. The van der Waals surface area contributed by atoms with E-state index in [0.717, 1.165) is 28.6 Å². The van der Waals surface area contributed by atoms with Crippen LogP contribution in [0.3, 0.4) is 0 Å². The van der Waals surface area contributed by atoms with Gasteiger partial charge in [0.15, 0.2) is 0 Å². The summed E-state index contributed by atoms with van der Waals surface area (Å²) >= 11 is 0. The molecule has 1 aliphatic rings. The molecule has 9 rings (SSSR count). The van der Waals surface area contributed by atoms with Gasteiger partial charge in [-0.2, -0.15) is 0 Å². The smallest absolute Gasteiger partial charge is 0.211 e. The van der Waals surface area contributed by atoms with E-state index in [1.54, 1.807) is 41.8 Å². The van der Waals surface area contributed by atoms with Gasteiger partial charge < -0.3 is 19.7 Å². The van der Waals surface area contributed by atoms with E-state index in [2.05, 4.69) is 15.3 Å². The Kier molecular flexibility index (Phi) is 9.95. The van der Waals surface area contributed by atoms with E-state index >= 15 is 8.78 Å². The molecule has 1 aliphatic heterocycles. The Morgan fingerprint density at radius 3 is 1.61 bits per heavy atom. The maximum absolute atomic E-state index is 15.0. The molecular formula is C45H37ClF2N6O3. The predicted molar refractivity (Wildman–Crippen MR) is 218 cm³/mol. The van der Waals surface area contributed by atoms with Crippen LogP contribution in [0.5, 0.6) is 23.3 Å². The van der Waals surface area contributed by atoms with E-state index in [1.165, 1.54) is 24.3 Å². The molecule has 0 bridgehead atoms. The fraction of sp³-hybridized carbons (Fsp3) is 0.133. The van der Waals surface area contributed by atoms with Gasteiger partial charge in [-0.15, -0.1) is 12.4 Å². The fourth-order valence-electron chi connectivity index (χ4n) is 7.95. The fourth-order valence-corrected chi connectivity index (χ4v) is 7.95. The standard InChI is InChI=1S/C45H36F2N6O3.ClH/c1-29-13-15-31(46)23-39(29)55-43-41(35-17-19-48-25-37(35)52(43)33-9-5-3-6-10-33)45(27-50-21-22-51(45)28-54)42-36-18-20-49-26-38(36)53(34-11-7-4-8-12-34)44(42)56-40-24-32(47)16-14-30(40)2;/h3-20,23-26,28,50H,21-22,27H2,1-2H3;1H. The van der Waals surface area contributed by atoms with Gasteiger partial charge in [-0.1, -0.05) is 48.5 Å². The summed E-state index contributed by atoms with van der Waals surface area (Å²) in [5.74, 6) is 0.396. The minimum Gasteiger partial charge on any atom is -0.440 e. The summed E-state index contributed by atoms with van der Waals surface area (Å²) in [6.45, 7) is 4.75. The van der Waals surface area contributed by atoms with Crippen molar-refractivity contribution in [2.75, 3.05) is 19.6 Å². The number of hydrogen-bond donors (Lipinski definition) is 1. The van der Waals surface area contributed by atoms with E-state index < -0.39 is 17.2 Å². The number of ether oxygens (including phenoxy) is 2. The Labute approximate surface area is 333 Å². The highest BCUT2D eigenvalue weighted by molar-refractivity contribution is 5.95. The summed E-state index contributed by atoms with van der Waals surface area (Å²) in [5.41, 5.74) is 4.21. The lowest BCUT2D eigenvalue weighted by molar-refractivity contribution is -0.124. The SMILES string of the molecule is Cc1ccc(F)cc1Oc1c(C2(c3c(Oc4cc(F)ccc4C)n(-c4ccccc4)c4cnccc34)CNCCN2C=O)c2ccncc2n1-c1ccccc1.Cl. The normalized spacial score (nSPS) is 13.7. The second-order valence-electron chi connectivity index (χ2n) is 13.8. The second kappa shape index (κ2) is 15.2. The van der Waals surface area contributed by atoms with Crippen LogP contribution in [0.25, 0.3) is 33.2 Å². The van der Waals surface area contributed by atoms with Crippen molar-refractivity contribution in [3.05, 3.63) is 168 Å². The Bertz CT molecular complexity index is 2580. The number of carbonyl (C=O) groups excluding carboxylic acids is 1. The van der Waals surface area contributed by atoms with Gasteiger partial charge in [0.2, 0.25) is 18.2 Å². The van der Waals surface area contributed by atoms with E-state index in [1.807, 2.05) is 95.8 Å². The molecular weight excluding hydrogens is 746 g/mol. The monoisotopic (exact) mass is 782 g/mol. The molecule has 4 aromatic heterocycles. The van der Waals surface area contributed by atoms with Gasteiger partial charge in [-0.05, 0) is 73.5 Å². The van der Waals surface area contributed by atoms with Crippen molar-refractivity contribution < 1.29 is 23.0 Å². The largest absolute Gasteiger partial charge is 0.440 e. The van der Waals surface area contributed by atoms with Crippen molar-refractivity contribution in [2.45, 2.75) is 19.4 Å². The van der Waals surface area contributed by atoms with Crippen molar-refractivity contribution in [2.24, 2.45) is 0 Å². The Morgan fingerprint density at radius 1 is 0.684 bits per heavy atom. The molecule has 1 fully saturated rings. The van der Waals surface area contributed by atoms with Gasteiger partial charge in [-0.3, -0.25) is 23.9 Å². The summed E-state index contributed by atoms with van der Waals surface area (Å²) in [6, 6.07) is 32.1. The first kappa shape index (κ1) is 37.4. The minimum absolute atomic E-state index is 0. The quantitative estimate of drug-likeness (QED) is 0.147. The van der Waals surface area contributed by atoms with Gasteiger partial charge in [0.1, 0.15) is 28.7 Å². The van der Waals surface area contributed by atoms with Crippen molar-refractivity contribution >= 4 is 40.6 Å². The van der Waals surface area contributed by atoms with Crippen LogP contribution >= 0.6 is 12.4 Å². The highest BCUT2D eigenvalue weighted by Gasteiger charge is 2.51. The summed E-state index contributed by atoms with van der Waals surface area (Å²) in [5, 5.41) is 5.09. The number of benzene rings is 4.